The maximum Gasteiger partial charge on any atom is 0.315 e. The lowest BCUT2D eigenvalue weighted by molar-refractivity contribution is 0.0359. The Kier molecular flexibility index (Phi) is 4.90. The molecule has 4 N–H and O–H groups in total. The second-order valence-corrected chi connectivity index (χ2v) is 5.51. The summed E-state index contributed by atoms with van der Waals surface area (Å²) in [6.07, 6.45) is 0. The summed E-state index contributed by atoms with van der Waals surface area (Å²) in [7, 11) is 0. The van der Waals surface area contributed by atoms with Crippen molar-refractivity contribution >= 4 is 6.03 Å². The maximum atomic E-state index is 13.2. The van der Waals surface area contributed by atoms with E-state index in [0.717, 1.165) is 6.07 Å². The first-order valence-electron chi connectivity index (χ1n) is 7.06. The van der Waals surface area contributed by atoms with Gasteiger partial charge in [0.05, 0.1) is 6.54 Å². The summed E-state index contributed by atoms with van der Waals surface area (Å²) in [6, 6.07) is 6.71. The van der Waals surface area contributed by atoms with Gasteiger partial charge in [-0.2, -0.15) is 0 Å². The minimum atomic E-state index is -1.34. The van der Waals surface area contributed by atoms with Crippen LogP contribution in [-0.4, -0.2) is 22.8 Å². The van der Waals surface area contributed by atoms with Crippen molar-refractivity contribution in [3.05, 3.63) is 53.2 Å². The Bertz CT molecular complexity index is 697. The number of hydrogen-bond acceptors (Lipinski definition) is 4. The third-order valence-corrected chi connectivity index (χ3v) is 3.33. The average molecular weight is 322 g/mol. The highest BCUT2D eigenvalue weighted by molar-refractivity contribution is 5.73. The van der Waals surface area contributed by atoms with Gasteiger partial charge in [0.25, 0.3) is 0 Å². The fraction of sp³-hybridized carbons (Fsp3) is 0.312. The number of nitrogens with one attached hydrogen (secondary N) is 2. The van der Waals surface area contributed by atoms with E-state index in [1.54, 1.807) is 19.1 Å². The Morgan fingerprint density at radius 3 is 2.65 bits per heavy atom. The summed E-state index contributed by atoms with van der Waals surface area (Å²) in [5.41, 5.74) is -0.833. The Morgan fingerprint density at radius 2 is 2.04 bits per heavy atom. The summed E-state index contributed by atoms with van der Waals surface area (Å²) in [4.78, 5) is 11.7. The van der Waals surface area contributed by atoms with Crippen molar-refractivity contribution < 1.29 is 23.8 Å². The van der Waals surface area contributed by atoms with Crippen LogP contribution >= 0.6 is 0 Å². The van der Waals surface area contributed by atoms with Gasteiger partial charge in [-0.15, -0.1) is 0 Å². The Labute approximate surface area is 132 Å². The van der Waals surface area contributed by atoms with Crippen molar-refractivity contribution in [2.45, 2.75) is 26.0 Å². The number of urea groups is 1. The Balaban J connectivity index is 1.84. The molecule has 0 radical (unpaired) electrons. The molecule has 0 fully saturated rings. The van der Waals surface area contributed by atoms with E-state index in [1.807, 2.05) is 0 Å². The topological polar surface area (TPSA) is 94.7 Å². The molecule has 0 saturated carbocycles. The minimum absolute atomic E-state index is 0.0459. The van der Waals surface area contributed by atoms with Crippen molar-refractivity contribution in [1.29, 1.82) is 0 Å². The van der Waals surface area contributed by atoms with Crippen LogP contribution in [0, 0.1) is 12.7 Å². The summed E-state index contributed by atoms with van der Waals surface area (Å²) in [6.45, 7) is 3.33. The van der Waals surface area contributed by atoms with Crippen LogP contribution in [0.1, 0.15) is 24.0 Å². The molecule has 7 heteroatoms. The lowest BCUT2D eigenvalue weighted by Crippen LogP contribution is -2.43. The number of phenols is 1. The van der Waals surface area contributed by atoms with Crippen LogP contribution in [0.5, 0.6) is 5.75 Å². The number of carbonyl (C=O) groups excluding carboxylic acids is 1. The molecule has 1 heterocycles. The zero-order chi connectivity index (χ0) is 17.0. The minimum Gasteiger partial charge on any atom is -0.505 e. The smallest absolute Gasteiger partial charge is 0.315 e. The van der Waals surface area contributed by atoms with Crippen LogP contribution in [0.25, 0.3) is 0 Å². The number of carbonyl (C=O) groups is 1. The predicted octanol–water partition coefficient (Wildman–Crippen LogP) is 2.14. The van der Waals surface area contributed by atoms with Gasteiger partial charge in [0.15, 0.2) is 11.6 Å². The number of aromatic hydroxyl groups is 1. The predicted molar refractivity (Wildman–Crippen MR) is 81.3 cm³/mol. The van der Waals surface area contributed by atoms with Gasteiger partial charge in [-0.3, -0.25) is 0 Å². The molecule has 1 atom stereocenters. The van der Waals surface area contributed by atoms with Crippen LogP contribution in [0.15, 0.2) is 34.7 Å². The third-order valence-electron chi connectivity index (χ3n) is 3.33. The van der Waals surface area contributed by atoms with E-state index in [9.17, 15) is 14.3 Å². The van der Waals surface area contributed by atoms with Gasteiger partial charge in [0.2, 0.25) is 0 Å². The lowest BCUT2D eigenvalue weighted by atomic mass is 10.0. The molecule has 124 valence electrons. The summed E-state index contributed by atoms with van der Waals surface area (Å²) >= 11 is 0. The van der Waals surface area contributed by atoms with E-state index in [2.05, 4.69) is 10.6 Å². The molecule has 0 spiro atoms. The molecule has 0 aliphatic heterocycles. The highest BCUT2D eigenvalue weighted by atomic mass is 19.1. The van der Waals surface area contributed by atoms with E-state index in [0.29, 0.717) is 17.1 Å². The van der Waals surface area contributed by atoms with E-state index in [-0.39, 0.29) is 13.1 Å². The van der Waals surface area contributed by atoms with Crippen molar-refractivity contribution in [3.63, 3.8) is 0 Å². The standard InChI is InChI=1S/C16H19FN2O4/c1-10-3-6-14(23-10)16(2,22)9-19-15(21)18-8-11-4-5-13(20)12(17)7-11/h3-7,20,22H,8-9H2,1-2H3,(H2,18,19,21). The third kappa shape index (κ3) is 4.46. The van der Waals surface area contributed by atoms with Crippen LogP contribution in [0.3, 0.4) is 0 Å². The molecule has 0 aliphatic rings. The van der Waals surface area contributed by atoms with Gasteiger partial charge in [-0.05, 0) is 43.7 Å². The lowest BCUT2D eigenvalue weighted by Gasteiger charge is -2.21. The second kappa shape index (κ2) is 6.70. The number of aryl methyl sites for hydroxylation is 1. The van der Waals surface area contributed by atoms with Gasteiger partial charge in [0, 0.05) is 6.54 Å². The number of benzene rings is 1. The van der Waals surface area contributed by atoms with Gasteiger partial charge in [0.1, 0.15) is 17.1 Å². The SMILES string of the molecule is Cc1ccc(C(C)(O)CNC(=O)NCc2ccc(O)c(F)c2)o1. The fourth-order valence-corrected chi connectivity index (χ4v) is 1.97. The molecule has 0 aliphatic carbocycles. The first-order chi connectivity index (χ1) is 10.8. The molecule has 2 rings (SSSR count). The van der Waals surface area contributed by atoms with E-state index < -0.39 is 23.2 Å². The average Bonchev–Trinajstić information content (AvgIpc) is 2.94. The number of aliphatic hydroxyl groups is 1. The first kappa shape index (κ1) is 16.8. The maximum absolute atomic E-state index is 13.2. The Morgan fingerprint density at radius 1 is 1.30 bits per heavy atom. The van der Waals surface area contributed by atoms with Crippen LogP contribution in [-0.2, 0) is 12.1 Å². The molecule has 2 aromatic rings. The normalized spacial score (nSPS) is 13.4. The van der Waals surface area contributed by atoms with Crippen LogP contribution < -0.4 is 10.6 Å². The second-order valence-electron chi connectivity index (χ2n) is 5.51. The fourth-order valence-electron chi connectivity index (χ4n) is 1.97. The van der Waals surface area contributed by atoms with Crippen LogP contribution in [0.2, 0.25) is 0 Å². The number of halogens is 1. The molecular formula is C16H19FN2O4. The zero-order valence-corrected chi connectivity index (χ0v) is 12.9. The van der Waals surface area contributed by atoms with Gasteiger partial charge < -0.3 is 25.3 Å². The zero-order valence-electron chi connectivity index (χ0n) is 12.9. The molecular weight excluding hydrogens is 303 g/mol. The first-order valence-corrected chi connectivity index (χ1v) is 7.06. The van der Waals surface area contributed by atoms with Gasteiger partial charge in [-0.25, -0.2) is 9.18 Å². The molecule has 2 amide bonds. The van der Waals surface area contributed by atoms with E-state index in [4.69, 9.17) is 9.52 Å². The highest BCUT2D eigenvalue weighted by Gasteiger charge is 2.27. The number of rotatable bonds is 5. The van der Waals surface area contributed by atoms with Gasteiger partial charge in [-0.1, -0.05) is 6.07 Å². The molecule has 23 heavy (non-hydrogen) atoms. The molecule has 1 aromatic heterocycles. The van der Waals surface area contributed by atoms with Crippen LogP contribution in [0.4, 0.5) is 9.18 Å². The number of phenolic OH excluding ortho intramolecular Hbond substituents is 1. The van der Waals surface area contributed by atoms with E-state index >= 15 is 0 Å². The monoisotopic (exact) mass is 322 g/mol. The molecule has 1 unspecified atom stereocenters. The van der Waals surface area contributed by atoms with Gasteiger partial charge >= 0.3 is 6.03 Å². The molecule has 0 bridgehead atoms. The van der Waals surface area contributed by atoms with Crippen molar-refractivity contribution in [3.8, 4) is 5.75 Å². The number of amides is 2. The summed E-state index contributed by atoms with van der Waals surface area (Å²) in [5, 5.41) is 24.4. The summed E-state index contributed by atoms with van der Waals surface area (Å²) < 4.78 is 18.5. The van der Waals surface area contributed by atoms with Crippen molar-refractivity contribution in [2.24, 2.45) is 0 Å². The quantitative estimate of drug-likeness (QED) is 0.678. The van der Waals surface area contributed by atoms with Crippen molar-refractivity contribution in [2.75, 3.05) is 6.54 Å². The molecule has 6 nitrogen and oxygen atoms in total. The number of furan rings is 1. The largest absolute Gasteiger partial charge is 0.505 e. The number of hydrogen-bond donors (Lipinski definition) is 4. The van der Waals surface area contributed by atoms with Crippen molar-refractivity contribution in [1.82, 2.24) is 10.6 Å². The Hall–Kier alpha value is -2.54. The molecule has 0 saturated heterocycles. The summed E-state index contributed by atoms with van der Waals surface area (Å²) in [5.74, 6) is -0.168. The molecule has 1 aromatic carbocycles. The highest BCUT2D eigenvalue weighted by Crippen LogP contribution is 2.21. The van der Waals surface area contributed by atoms with E-state index in [1.165, 1.54) is 19.1 Å².